The summed E-state index contributed by atoms with van der Waals surface area (Å²) in [6.45, 7) is 13.8. The van der Waals surface area contributed by atoms with Crippen molar-refractivity contribution < 1.29 is 14.3 Å². The fraction of sp³-hybridized carbons (Fsp3) is 0.833. The van der Waals surface area contributed by atoms with Gasteiger partial charge in [0.2, 0.25) is 0 Å². The normalized spacial score (nSPS) is 15.4. The van der Waals surface area contributed by atoms with Crippen LogP contribution in [0.15, 0.2) is 12.3 Å². The maximum atomic E-state index is 9.64. The van der Waals surface area contributed by atoms with Crippen LogP contribution in [0, 0.1) is 0 Å². The smallest absolute Gasteiger partial charge is 0.192 e. The van der Waals surface area contributed by atoms with Crippen LogP contribution in [0.25, 0.3) is 0 Å². The number of aliphatic hydroxyl groups is 1. The zero-order chi connectivity index (χ0) is 12.8. The van der Waals surface area contributed by atoms with Crippen molar-refractivity contribution in [3.05, 3.63) is 12.3 Å². The molecule has 0 heterocycles. The van der Waals surface area contributed by atoms with Gasteiger partial charge in [0.25, 0.3) is 0 Å². The fourth-order valence-electron chi connectivity index (χ4n) is 0.808. The lowest BCUT2D eigenvalue weighted by Gasteiger charge is -2.36. The van der Waals surface area contributed by atoms with Gasteiger partial charge >= 0.3 is 0 Å². The molecule has 0 saturated carbocycles. The van der Waals surface area contributed by atoms with Gasteiger partial charge in [0, 0.05) is 0 Å². The molecule has 0 aliphatic carbocycles. The van der Waals surface area contributed by atoms with Crippen LogP contribution in [0.3, 0.4) is 0 Å². The van der Waals surface area contributed by atoms with Gasteiger partial charge in [0.1, 0.15) is 0 Å². The molecule has 0 radical (unpaired) electrons. The van der Waals surface area contributed by atoms with Crippen LogP contribution in [0.4, 0.5) is 0 Å². The SMILES string of the molecule is CCO/C=C/[C@H](O)CO[Si](C)(C)C(C)(C)C. The number of aliphatic hydroxyl groups excluding tert-OH is 1. The summed E-state index contributed by atoms with van der Waals surface area (Å²) in [6, 6.07) is 0. The van der Waals surface area contributed by atoms with Crippen LogP contribution in [0.1, 0.15) is 27.7 Å². The first kappa shape index (κ1) is 15.7. The van der Waals surface area contributed by atoms with Crippen LogP contribution >= 0.6 is 0 Å². The van der Waals surface area contributed by atoms with Crippen molar-refractivity contribution in [2.75, 3.05) is 13.2 Å². The molecule has 0 aromatic heterocycles. The maximum absolute atomic E-state index is 9.64. The van der Waals surface area contributed by atoms with E-state index in [0.717, 1.165) is 0 Å². The highest BCUT2D eigenvalue weighted by molar-refractivity contribution is 6.74. The Balaban J connectivity index is 4.05. The van der Waals surface area contributed by atoms with Gasteiger partial charge in [-0.1, -0.05) is 20.8 Å². The molecule has 0 spiro atoms. The van der Waals surface area contributed by atoms with E-state index in [1.54, 1.807) is 6.08 Å². The molecule has 0 rings (SSSR count). The quantitative estimate of drug-likeness (QED) is 0.578. The Hall–Kier alpha value is -0.323. The van der Waals surface area contributed by atoms with E-state index in [1.807, 2.05) is 6.92 Å². The minimum atomic E-state index is -1.75. The van der Waals surface area contributed by atoms with Crippen LogP contribution in [-0.2, 0) is 9.16 Å². The maximum Gasteiger partial charge on any atom is 0.192 e. The molecule has 0 unspecified atom stereocenters. The van der Waals surface area contributed by atoms with Crippen molar-refractivity contribution in [1.82, 2.24) is 0 Å². The average Bonchev–Trinajstić information content (AvgIpc) is 2.13. The topological polar surface area (TPSA) is 38.7 Å². The predicted molar refractivity (Wildman–Crippen MR) is 69.9 cm³/mol. The van der Waals surface area contributed by atoms with Crippen LogP contribution in [-0.4, -0.2) is 32.7 Å². The van der Waals surface area contributed by atoms with Gasteiger partial charge < -0.3 is 14.3 Å². The standard InChI is InChI=1S/C12H26O3Si/c1-7-14-9-8-11(13)10-15-16(5,6)12(2,3)4/h8-9,11,13H,7,10H2,1-6H3/b9-8+/t11-/m0/s1. The Bertz CT molecular complexity index is 219. The Morgan fingerprint density at radius 2 is 1.88 bits per heavy atom. The van der Waals surface area contributed by atoms with Gasteiger partial charge in [-0.15, -0.1) is 0 Å². The molecule has 0 aliphatic rings. The predicted octanol–water partition coefficient (Wildman–Crippen LogP) is 2.92. The van der Waals surface area contributed by atoms with E-state index >= 15 is 0 Å². The van der Waals surface area contributed by atoms with Gasteiger partial charge in [-0.2, -0.15) is 0 Å². The van der Waals surface area contributed by atoms with Crippen molar-refractivity contribution in [2.45, 2.75) is 51.9 Å². The van der Waals surface area contributed by atoms with E-state index in [1.165, 1.54) is 6.26 Å². The lowest BCUT2D eigenvalue weighted by molar-refractivity contribution is 0.131. The monoisotopic (exact) mass is 246 g/mol. The molecule has 0 fully saturated rings. The van der Waals surface area contributed by atoms with E-state index in [-0.39, 0.29) is 5.04 Å². The minimum absolute atomic E-state index is 0.177. The van der Waals surface area contributed by atoms with Crippen LogP contribution < -0.4 is 0 Å². The third-order valence-corrected chi connectivity index (χ3v) is 7.49. The molecule has 3 nitrogen and oxygen atoms in total. The third kappa shape index (κ3) is 5.68. The highest BCUT2D eigenvalue weighted by Crippen LogP contribution is 2.36. The second-order valence-corrected chi connectivity index (χ2v) is 10.2. The Kier molecular flexibility index (Phi) is 6.29. The van der Waals surface area contributed by atoms with Gasteiger partial charge in [-0.3, -0.25) is 0 Å². The molecular formula is C12H26O3Si. The highest BCUT2D eigenvalue weighted by atomic mass is 28.4. The van der Waals surface area contributed by atoms with Crippen molar-refractivity contribution in [2.24, 2.45) is 0 Å². The summed E-state index contributed by atoms with van der Waals surface area (Å²) in [6.07, 6.45) is 2.57. The molecule has 0 aromatic rings. The number of hydrogen-bond donors (Lipinski definition) is 1. The molecule has 16 heavy (non-hydrogen) atoms. The van der Waals surface area contributed by atoms with Gasteiger partial charge in [0.05, 0.1) is 25.6 Å². The number of rotatable bonds is 6. The van der Waals surface area contributed by atoms with E-state index in [0.29, 0.717) is 13.2 Å². The first-order valence-corrected chi connectivity index (χ1v) is 8.72. The molecule has 0 saturated heterocycles. The van der Waals surface area contributed by atoms with Crippen molar-refractivity contribution in [3.8, 4) is 0 Å². The van der Waals surface area contributed by atoms with Crippen LogP contribution in [0.5, 0.6) is 0 Å². The first-order chi connectivity index (χ1) is 7.20. The third-order valence-electron chi connectivity index (χ3n) is 2.98. The Morgan fingerprint density at radius 3 is 2.31 bits per heavy atom. The molecule has 4 heteroatoms. The average molecular weight is 246 g/mol. The largest absolute Gasteiger partial charge is 0.502 e. The van der Waals surface area contributed by atoms with Gasteiger partial charge in [-0.25, -0.2) is 0 Å². The summed E-state index contributed by atoms with van der Waals surface area (Å²) < 4.78 is 10.9. The first-order valence-electron chi connectivity index (χ1n) is 5.81. The highest BCUT2D eigenvalue weighted by Gasteiger charge is 2.37. The summed E-state index contributed by atoms with van der Waals surface area (Å²) in [7, 11) is -1.75. The molecule has 1 atom stereocenters. The molecule has 1 N–H and O–H groups in total. The zero-order valence-electron chi connectivity index (χ0n) is 11.4. The number of ether oxygens (including phenoxy) is 1. The second kappa shape index (κ2) is 6.42. The van der Waals surface area contributed by atoms with Crippen LogP contribution in [0.2, 0.25) is 18.1 Å². The lowest BCUT2D eigenvalue weighted by Crippen LogP contribution is -2.42. The summed E-state index contributed by atoms with van der Waals surface area (Å²) >= 11 is 0. The van der Waals surface area contributed by atoms with E-state index in [9.17, 15) is 5.11 Å². The molecule has 0 bridgehead atoms. The van der Waals surface area contributed by atoms with Crippen molar-refractivity contribution in [3.63, 3.8) is 0 Å². The Labute approximate surface area is 101 Å². The molecule has 0 aromatic carbocycles. The number of hydrogen-bond acceptors (Lipinski definition) is 3. The summed E-state index contributed by atoms with van der Waals surface area (Å²) in [4.78, 5) is 0. The molecule has 96 valence electrons. The second-order valence-electron chi connectivity index (χ2n) is 5.42. The Morgan fingerprint density at radius 1 is 1.31 bits per heavy atom. The van der Waals surface area contributed by atoms with Crippen molar-refractivity contribution in [1.29, 1.82) is 0 Å². The lowest BCUT2D eigenvalue weighted by atomic mass is 10.2. The minimum Gasteiger partial charge on any atom is -0.502 e. The van der Waals surface area contributed by atoms with Crippen molar-refractivity contribution >= 4 is 8.32 Å². The summed E-state index contributed by atoms with van der Waals surface area (Å²) in [5, 5.41) is 9.81. The van der Waals surface area contributed by atoms with E-state index in [4.69, 9.17) is 9.16 Å². The summed E-state index contributed by atoms with van der Waals surface area (Å²) in [5.74, 6) is 0. The van der Waals surface area contributed by atoms with Gasteiger partial charge in [0.15, 0.2) is 8.32 Å². The summed E-state index contributed by atoms with van der Waals surface area (Å²) in [5.41, 5.74) is 0. The fourth-order valence-corrected chi connectivity index (χ4v) is 1.83. The molecule has 0 amide bonds. The van der Waals surface area contributed by atoms with Gasteiger partial charge in [-0.05, 0) is 31.1 Å². The molecular weight excluding hydrogens is 220 g/mol. The molecule has 0 aliphatic heterocycles. The zero-order valence-corrected chi connectivity index (χ0v) is 12.4. The van der Waals surface area contributed by atoms with E-state index < -0.39 is 14.4 Å². The van der Waals surface area contributed by atoms with E-state index in [2.05, 4.69) is 33.9 Å².